The maximum Gasteiger partial charge on any atom is 0.307 e. The van der Waals surface area contributed by atoms with Gasteiger partial charge in [-0.05, 0) is 97.6 Å². The van der Waals surface area contributed by atoms with Crippen molar-refractivity contribution in [1.29, 1.82) is 0 Å². The van der Waals surface area contributed by atoms with E-state index in [0.29, 0.717) is 6.42 Å². The number of rotatable bonds is 34. The van der Waals surface area contributed by atoms with Crippen molar-refractivity contribution in [1.82, 2.24) is 4.90 Å². The lowest BCUT2D eigenvalue weighted by Crippen LogP contribution is -2.22. The number of hydrogen-bond donors (Lipinski definition) is 0. The lowest BCUT2D eigenvalue weighted by Gasteiger charge is -2.19. The van der Waals surface area contributed by atoms with Gasteiger partial charge in [0.15, 0.2) is 0 Å². The predicted octanol–water partition coefficient (Wildman–Crippen LogP) is 13.1. The van der Waals surface area contributed by atoms with E-state index in [9.17, 15) is 4.79 Å². The monoisotopic (exact) mass is 616 g/mol. The number of nitrogens with zero attached hydrogens (tertiary/aromatic N) is 1. The van der Waals surface area contributed by atoms with Crippen LogP contribution in [0.2, 0.25) is 0 Å². The van der Waals surface area contributed by atoms with Gasteiger partial charge in [-0.25, -0.2) is 0 Å². The van der Waals surface area contributed by atoms with Crippen LogP contribution < -0.4 is 0 Å². The number of ether oxygens (including phenoxy) is 1. The first-order valence-corrected chi connectivity index (χ1v) is 19.4. The summed E-state index contributed by atoms with van der Waals surface area (Å²) in [6.07, 6.45) is 49.2. The van der Waals surface area contributed by atoms with Gasteiger partial charge < -0.3 is 9.64 Å². The van der Waals surface area contributed by atoms with Crippen LogP contribution in [-0.2, 0) is 9.53 Å². The molecule has 0 aliphatic rings. The third-order valence-electron chi connectivity index (χ3n) is 8.58. The van der Waals surface area contributed by atoms with Gasteiger partial charge in [0.05, 0.1) is 6.42 Å². The smallest absolute Gasteiger partial charge is 0.307 e. The molecule has 0 aliphatic carbocycles. The van der Waals surface area contributed by atoms with Crippen molar-refractivity contribution in [3.05, 3.63) is 36.5 Å². The number of carbonyl (C=O) groups excluding carboxylic acids is 1. The minimum absolute atomic E-state index is 0.0160. The van der Waals surface area contributed by atoms with Gasteiger partial charge in [-0.3, -0.25) is 4.79 Å². The second-order valence-electron chi connectivity index (χ2n) is 13.4. The summed E-state index contributed by atoms with van der Waals surface area (Å²) in [5.41, 5.74) is 0. The molecule has 3 heteroatoms. The van der Waals surface area contributed by atoms with E-state index in [-0.39, 0.29) is 12.1 Å². The Morgan fingerprint density at radius 1 is 0.523 bits per heavy atom. The topological polar surface area (TPSA) is 29.5 Å². The van der Waals surface area contributed by atoms with Crippen molar-refractivity contribution >= 4 is 5.97 Å². The second-order valence-corrected chi connectivity index (χ2v) is 13.4. The fourth-order valence-electron chi connectivity index (χ4n) is 5.62. The van der Waals surface area contributed by atoms with Crippen LogP contribution in [0.4, 0.5) is 0 Å². The van der Waals surface area contributed by atoms with Crippen LogP contribution in [-0.4, -0.2) is 37.6 Å². The van der Waals surface area contributed by atoms with Crippen LogP contribution in [0.25, 0.3) is 0 Å². The fourth-order valence-corrected chi connectivity index (χ4v) is 5.62. The molecule has 0 rings (SSSR count). The molecule has 3 nitrogen and oxygen atoms in total. The van der Waals surface area contributed by atoms with E-state index >= 15 is 0 Å². The van der Waals surface area contributed by atoms with Gasteiger partial charge in [0.25, 0.3) is 0 Å². The quantitative estimate of drug-likeness (QED) is 0.0410. The molecule has 44 heavy (non-hydrogen) atoms. The molecule has 0 heterocycles. The van der Waals surface area contributed by atoms with Gasteiger partial charge >= 0.3 is 5.97 Å². The van der Waals surface area contributed by atoms with Crippen molar-refractivity contribution in [2.45, 2.75) is 200 Å². The van der Waals surface area contributed by atoms with Crippen LogP contribution in [0.1, 0.15) is 194 Å². The van der Waals surface area contributed by atoms with Gasteiger partial charge in [0, 0.05) is 6.54 Å². The summed E-state index contributed by atoms with van der Waals surface area (Å²) >= 11 is 0. The van der Waals surface area contributed by atoms with Crippen LogP contribution >= 0.6 is 0 Å². The molecule has 0 aliphatic heterocycles. The molecular weight excluding hydrogens is 538 g/mol. The zero-order chi connectivity index (χ0) is 32.2. The lowest BCUT2D eigenvalue weighted by molar-refractivity contribution is -0.150. The molecule has 0 saturated carbocycles. The van der Waals surface area contributed by atoms with Crippen molar-refractivity contribution in [2.75, 3.05) is 20.6 Å². The van der Waals surface area contributed by atoms with Gasteiger partial charge in [0.2, 0.25) is 0 Å². The summed E-state index contributed by atoms with van der Waals surface area (Å²) < 4.78 is 5.96. The standard InChI is InChI=1S/C41H77NO2/c1-5-7-9-11-13-15-17-19-21-23-25-27-29-31-33-35-37-40(44-41(43)38-39-42(3)4)36-34-32-30-28-26-24-22-20-18-16-14-12-10-8-6-2/h13,15,18-21,40H,5-12,14,16-17,22-39H2,1-4H3/b15-13-,20-18-,21-19-. The van der Waals surface area contributed by atoms with E-state index in [1.807, 2.05) is 14.1 Å². The fraction of sp³-hybridized carbons (Fsp3) is 0.829. The zero-order valence-corrected chi connectivity index (χ0v) is 30.3. The van der Waals surface area contributed by atoms with E-state index in [1.165, 1.54) is 154 Å². The van der Waals surface area contributed by atoms with Crippen molar-refractivity contribution in [3.63, 3.8) is 0 Å². The Morgan fingerprint density at radius 2 is 0.886 bits per heavy atom. The Morgan fingerprint density at radius 3 is 1.34 bits per heavy atom. The van der Waals surface area contributed by atoms with Crippen LogP contribution in [0, 0.1) is 0 Å². The number of allylic oxidation sites excluding steroid dienone is 6. The van der Waals surface area contributed by atoms with Gasteiger partial charge in [0.1, 0.15) is 6.10 Å². The van der Waals surface area contributed by atoms with Gasteiger partial charge in [-0.1, -0.05) is 140 Å². The molecule has 1 unspecified atom stereocenters. The molecule has 0 radical (unpaired) electrons. The van der Waals surface area contributed by atoms with Gasteiger partial charge in [-0.2, -0.15) is 0 Å². The first-order valence-electron chi connectivity index (χ1n) is 19.4. The van der Waals surface area contributed by atoms with E-state index in [0.717, 1.165) is 25.8 Å². The maximum absolute atomic E-state index is 12.4. The molecule has 0 saturated heterocycles. The highest BCUT2D eigenvalue weighted by Gasteiger charge is 2.14. The highest BCUT2D eigenvalue weighted by molar-refractivity contribution is 5.69. The lowest BCUT2D eigenvalue weighted by atomic mass is 10.0. The predicted molar refractivity (Wildman–Crippen MR) is 196 cm³/mol. The molecule has 0 aromatic rings. The van der Waals surface area contributed by atoms with E-state index in [4.69, 9.17) is 4.74 Å². The Bertz CT molecular complexity index is 666. The molecule has 0 spiro atoms. The number of esters is 1. The first kappa shape index (κ1) is 42.6. The normalized spacial score (nSPS) is 12.8. The molecule has 0 aromatic carbocycles. The number of hydrogen-bond acceptors (Lipinski definition) is 3. The Labute approximate surface area is 276 Å². The van der Waals surface area contributed by atoms with Crippen molar-refractivity contribution < 1.29 is 9.53 Å². The van der Waals surface area contributed by atoms with Crippen LogP contribution in [0.3, 0.4) is 0 Å². The second kappa shape index (κ2) is 36.1. The first-order chi connectivity index (χ1) is 21.6. The van der Waals surface area contributed by atoms with E-state index in [1.54, 1.807) is 0 Å². The third-order valence-corrected chi connectivity index (χ3v) is 8.58. The molecule has 0 bridgehead atoms. The molecular formula is C41H77NO2. The minimum Gasteiger partial charge on any atom is -0.462 e. The van der Waals surface area contributed by atoms with E-state index < -0.39 is 0 Å². The molecule has 1 atom stereocenters. The molecule has 0 N–H and O–H groups in total. The summed E-state index contributed by atoms with van der Waals surface area (Å²) in [6.45, 7) is 5.31. The maximum atomic E-state index is 12.4. The van der Waals surface area contributed by atoms with E-state index in [2.05, 4.69) is 55.2 Å². The zero-order valence-electron chi connectivity index (χ0n) is 30.3. The van der Waals surface area contributed by atoms with Crippen molar-refractivity contribution in [3.8, 4) is 0 Å². The summed E-state index contributed by atoms with van der Waals surface area (Å²) in [4.78, 5) is 14.5. The number of unbranched alkanes of at least 4 members (excludes halogenated alkanes) is 20. The number of carbonyl (C=O) groups is 1. The third kappa shape index (κ3) is 35.1. The van der Waals surface area contributed by atoms with Gasteiger partial charge in [-0.15, -0.1) is 0 Å². The molecule has 0 amide bonds. The highest BCUT2D eigenvalue weighted by atomic mass is 16.5. The molecule has 0 fully saturated rings. The molecule has 258 valence electrons. The van der Waals surface area contributed by atoms with Crippen molar-refractivity contribution in [2.24, 2.45) is 0 Å². The summed E-state index contributed by atoms with van der Waals surface area (Å²) in [5.74, 6) is -0.0160. The SMILES string of the molecule is CCCCC/C=C\C/C=C\CCCCCCCCC(CCCCCCCC/C=C\CCCCCCC)OC(=O)CCN(C)C. The Balaban J connectivity index is 3.94. The van der Waals surface area contributed by atoms with Crippen LogP contribution in [0.15, 0.2) is 36.5 Å². The largest absolute Gasteiger partial charge is 0.462 e. The van der Waals surface area contributed by atoms with Crippen LogP contribution in [0.5, 0.6) is 0 Å². The minimum atomic E-state index is -0.0160. The highest BCUT2D eigenvalue weighted by Crippen LogP contribution is 2.18. The Kier molecular flexibility index (Phi) is 35.0. The average molecular weight is 616 g/mol. The summed E-state index contributed by atoms with van der Waals surface area (Å²) in [6, 6.07) is 0. The Hall–Kier alpha value is -1.35. The molecule has 0 aromatic heterocycles. The summed E-state index contributed by atoms with van der Waals surface area (Å²) in [5, 5.41) is 0. The average Bonchev–Trinajstić information content (AvgIpc) is 3.01. The summed E-state index contributed by atoms with van der Waals surface area (Å²) in [7, 11) is 4.03.